The van der Waals surface area contributed by atoms with Gasteiger partial charge in [0.25, 0.3) is 0 Å². The first-order valence-corrected chi connectivity index (χ1v) is 6.44. The molecule has 0 bridgehead atoms. The molecule has 2 rings (SSSR count). The van der Waals surface area contributed by atoms with Crippen molar-refractivity contribution in [2.24, 2.45) is 5.92 Å². The predicted octanol–water partition coefficient (Wildman–Crippen LogP) is 3.41. The normalized spacial score (nSPS) is 23.5. The van der Waals surface area contributed by atoms with Crippen molar-refractivity contribution in [1.29, 1.82) is 0 Å². The first-order valence-electron chi connectivity index (χ1n) is 5.65. The van der Waals surface area contributed by atoms with Crippen LogP contribution in [0.4, 0.5) is 5.69 Å². The highest BCUT2D eigenvalue weighted by Crippen LogP contribution is 2.41. The van der Waals surface area contributed by atoms with Gasteiger partial charge in [-0.15, -0.1) is 0 Å². The first-order chi connectivity index (χ1) is 7.83. The number of hydrogen-bond acceptors (Lipinski definition) is 3. The van der Waals surface area contributed by atoms with Gasteiger partial charge in [-0.1, -0.05) is 29.8 Å². The number of carbonyl (C=O) groups excluding carboxylic acids is 1. The highest BCUT2D eigenvalue weighted by Gasteiger charge is 2.39. The van der Waals surface area contributed by atoms with Crippen LogP contribution in [0.25, 0.3) is 0 Å². The van der Waals surface area contributed by atoms with Crippen molar-refractivity contribution in [3.8, 4) is 5.75 Å². The second kappa shape index (κ2) is 4.02. The van der Waals surface area contributed by atoms with E-state index in [0.29, 0.717) is 23.4 Å². The van der Waals surface area contributed by atoms with Gasteiger partial charge < -0.3 is 10.5 Å². The molecule has 0 saturated carbocycles. The van der Waals surface area contributed by atoms with Gasteiger partial charge in [-0.3, -0.25) is 4.79 Å². The van der Waals surface area contributed by atoms with Crippen LogP contribution in [0, 0.1) is 5.92 Å². The van der Waals surface area contributed by atoms with Crippen LogP contribution in [0.1, 0.15) is 37.6 Å². The van der Waals surface area contributed by atoms with E-state index < -0.39 is 5.60 Å². The third kappa shape index (κ3) is 2.06. The summed E-state index contributed by atoms with van der Waals surface area (Å²) in [6.07, 6.45) is 0.396. The number of rotatable bonds is 1. The molecule has 1 aromatic carbocycles. The topological polar surface area (TPSA) is 52.3 Å². The van der Waals surface area contributed by atoms with Gasteiger partial charge >= 0.3 is 0 Å². The third-order valence-corrected chi connectivity index (χ3v) is 3.91. The van der Waals surface area contributed by atoms with Crippen LogP contribution in [0.2, 0.25) is 0 Å². The molecule has 0 fully saturated rings. The fraction of sp³-hybridized carbons (Fsp3) is 0.462. The Labute approximate surface area is 109 Å². The van der Waals surface area contributed by atoms with Gasteiger partial charge in [0.15, 0.2) is 11.5 Å². The molecule has 0 aromatic heterocycles. The molecular formula is C13H16BrNO2. The number of benzene rings is 1. The molecule has 92 valence electrons. The molecule has 0 amide bonds. The van der Waals surface area contributed by atoms with Crippen LogP contribution in [0.5, 0.6) is 5.75 Å². The van der Waals surface area contributed by atoms with Crippen molar-refractivity contribution < 1.29 is 9.53 Å². The zero-order valence-corrected chi connectivity index (χ0v) is 11.8. The maximum absolute atomic E-state index is 12.2. The number of ketones is 1. The second-order valence-electron chi connectivity index (χ2n) is 5.04. The summed E-state index contributed by atoms with van der Waals surface area (Å²) in [5.74, 6) is 0.874. The number of nitrogen functional groups attached to an aromatic ring is 1. The number of nitrogens with two attached hydrogens (primary N) is 1. The Morgan fingerprint density at radius 2 is 2.12 bits per heavy atom. The lowest BCUT2D eigenvalue weighted by molar-refractivity contribution is 0.0218. The SMILES string of the molecule is CC(C)C1(C)CC(=O)c2cc(Br)cc(N)c2O1. The van der Waals surface area contributed by atoms with Crippen LogP contribution >= 0.6 is 15.9 Å². The van der Waals surface area contributed by atoms with E-state index >= 15 is 0 Å². The minimum absolute atomic E-state index is 0.0930. The van der Waals surface area contributed by atoms with Crippen LogP contribution < -0.4 is 10.5 Å². The van der Waals surface area contributed by atoms with Gasteiger partial charge in [-0.05, 0) is 25.0 Å². The lowest BCUT2D eigenvalue weighted by Crippen LogP contribution is -2.43. The number of halogens is 1. The van der Waals surface area contributed by atoms with Crippen molar-refractivity contribution in [2.45, 2.75) is 32.8 Å². The summed E-state index contributed by atoms with van der Waals surface area (Å²) in [5.41, 5.74) is 6.54. The molecule has 1 unspecified atom stereocenters. The van der Waals surface area contributed by atoms with E-state index in [0.717, 1.165) is 4.47 Å². The summed E-state index contributed by atoms with van der Waals surface area (Å²) in [6, 6.07) is 3.53. The number of ether oxygens (including phenoxy) is 1. The summed E-state index contributed by atoms with van der Waals surface area (Å²) in [6.45, 7) is 6.06. The Morgan fingerprint density at radius 3 is 2.71 bits per heavy atom. The fourth-order valence-corrected chi connectivity index (χ4v) is 2.42. The Bertz CT molecular complexity index is 485. The van der Waals surface area contributed by atoms with Crippen molar-refractivity contribution in [3.63, 3.8) is 0 Å². The zero-order chi connectivity index (χ0) is 12.8. The van der Waals surface area contributed by atoms with Crippen molar-refractivity contribution in [1.82, 2.24) is 0 Å². The smallest absolute Gasteiger partial charge is 0.170 e. The average molecular weight is 298 g/mol. The molecule has 0 radical (unpaired) electrons. The van der Waals surface area contributed by atoms with Crippen molar-refractivity contribution >= 4 is 27.4 Å². The van der Waals surface area contributed by atoms with Gasteiger partial charge in [0.2, 0.25) is 0 Å². The molecule has 17 heavy (non-hydrogen) atoms. The summed E-state index contributed by atoms with van der Waals surface area (Å²) in [4.78, 5) is 12.2. The molecule has 0 aliphatic carbocycles. The molecule has 1 heterocycles. The van der Waals surface area contributed by atoms with E-state index in [4.69, 9.17) is 10.5 Å². The molecule has 0 saturated heterocycles. The molecule has 4 heteroatoms. The van der Waals surface area contributed by atoms with Crippen molar-refractivity contribution in [2.75, 3.05) is 5.73 Å². The minimum atomic E-state index is -0.466. The maximum atomic E-state index is 12.2. The van der Waals surface area contributed by atoms with E-state index in [9.17, 15) is 4.79 Å². The Hall–Kier alpha value is -1.03. The average Bonchev–Trinajstić information content (AvgIpc) is 2.20. The monoisotopic (exact) mass is 297 g/mol. The van der Waals surface area contributed by atoms with E-state index in [1.165, 1.54) is 0 Å². The van der Waals surface area contributed by atoms with E-state index in [-0.39, 0.29) is 11.7 Å². The maximum Gasteiger partial charge on any atom is 0.170 e. The van der Waals surface area contributed by atoms with Gasteiger partial charge in [-0.2, -0.15) is 0 Å². The lowest BCUT2D eigenvalue weighted by atomic mass is 9.83. The van der Waals surface area contributed by atoms with E-state index in [2.05, 4.69) is 15.9 Å². The van der Waals surface area contributed by atoms with Gasteiger partial charge in [-0.25, -0.2) is 0 Å². The van der Waals surface area contributed by atoms with Crippen LogP contribution in [0.3, 0.4) is 0 Å². The van der Waals surface area contributed by atoms with E-state index in [1.807, 2.05) is 20.8 Å². The Morgan fingerprint density at radius 1 is 1.47 bits per heavy atom. The Balaban J connectivity index is 2.54. The Kier molecular flexibility index (Phi) is 2.94. The highest BCUT2D eigenvalue weighted by molar-refractivity contribution is 9.10. The molecule has 0 spiro atoms. The molecule has 1 aliphatic heterocycles. The molecule has 1 aromatic rings. The number of hydrogen-bond donors (Lipinski definition) is 1. The molecule has 1 atom stereocenters. The zero-order valence-electron chi connectivity index (χ0n) is 10.2. The standard InChI is InChI=1S/C13H16BrNO2/c1-7(2)13(3)6-11(16)9-4-8(14)5-10(15)12(9)17-13/h4-5,7H,6,15H2,1-3H3. The van der Waals surface area contributed by atoms with E-state index in [1.54, 1.807) is 12.1 Å². The number of anilines is 1. The van der Waals surface area contributed by atoms with Gasteiger partial charge in [0.05, 0.1) is 17.7 Å². The van der Waals surface area contributed by atoms with Gasteiger partial charge in [0, 0.05) is 4.47 Å². The summed E-state index contributed by atoms with van der Waals surface area (Å²) in [5, 5.41) is 0. The second-order valence-corrected chi connectivity index (χ2v) is 5.96. The van der Waals surface area contributed by atoms with Crippen LogP contribution in [0.15, 0.2) is 16.6 Å². The predicted molar refractivity (Wildman–Crippen MR) is 71.4 cm³/mol. The molecule has 2 N–H and O–H groups in total. The minimum Gasteiger partial charge on any atom is -0.484 e. The first kappa shape index (κ1) is 12.4. The summed E-state index contributed by atoms with van der Waals surface area (Å²) in [7, 11) is 0. The quantitative estimate of drug-likeness (QED) is 0.808. The number of carbonyl (C=O) groups is 1. The highest BCUT2D eigenvalue weighted by atomic mass is 79.9. The van der Waals surface area contributed by atoms with Crippen LogP contribution in [-0.2, 0) is 0 Å². The van der Waals surface area contributed by atoms with Gasteiger partial charge in [0.1, 0.15) is 5.60 Å². The number of fused-ring (bicyclic) bond motifs is 1. The van der Waals surface area contributed by atoms with Crippen LogP contribution in [-0.4, -0.2) is 11.4 Å². The third-order valence-electron chi connectivity index (χ3n) is 3.45. The fourth-order valence-electron chi connectivity index (χ4n) is 1.94. The molecule has 3 nitrogen and oxygen atoms in total. The summed E-state index contributed by atoms with van der Waals surface area (Å²) >= 11 is 3.34. The summed E-state index contributed by atoms with van der Waals surface area (Å²) < 4.78 is 6.77. The molecular weight excluding hydrogens is 282 g/mol. The van der Waals surface area contributed by atoms with Crippen molar-refractivity contribution in [3.05, 3.63) is 22.2 Å². The number of Topliss-reactive ketones (excluding diaryl/α,β-unsaturated/α-hetero) is 1. The lowest BCUT2D eigenvalue weighted by Gasteiger charge is -2.38. The molecule has 1 aliphatic rings. The largest absolute Gasteiger partial charge is 0.484 e.